The molecule has 0 saturated carbocycles. The average molecular weight is 395 g/mol. The van der Waals surface area contributed by atoms with Gasteiger partial charge in [-0.2, -0.15) is 0 Å². The number of aliphatic hydroxyl groups is 1. The van der Waals surface area contributed by atoms with Gasteiger partial charge in [0.1, 0.15) is 19.3 Å². The van der Waals surface area contributed by atoms with E-state index in [1.165, 1.54) is 13.3 Å². The van der Waals surface area contributed by atoms with E-state index in [4.69, 9.17) is 4.74 Å². The molecule has 0 bridgehead atoms. The Morgan fingerprint density at radius 2 is 1.39 bits per heavy atom. The number of unbranched alkanes of at least 4 members (excludes halogenated alkanes) is 5. The summed E-state index contributed by atoms with van der Waals surface area (Å²) in [7, 11) is 0. The second kappa shape index (κ2) is 19.9. The molecule has 0 aliphatic carbocycles. The van der Waals surface area contributed by atoms with Crippen molar-refractivity contribution in [3.63, 3.8) is 0 Å². The minimum Gasteiger partial charge on any atom is -0.463 e. The molecule has 160 valence electrons. The maximum Gasteiger partial charge on any atom is 0.305 e. The number of hydrogen-bond donors (Lipinski definition) is 1. The Morgan fingerprint density at radius 3 is 2.07 bits per heavy atom. The zero-order chi connectivity index (χ0) is 20.9. The Labute approximate surface area is 170 Å². The summed E-state index contributed by atoms with van der Waals surface area (Å²) in [5, 5.41) is 9.48. The minimum atomic E-state index is -0.964. The molecule has 0 aliphatic heterocycles. The van der Waals surface area contributed by atoms with Crippen LogP contribution in [0.15, 0.2) is 36.5 Å². The van der Waals surface area contributed by atoms with Crippen LogP contribution in [0.2, 0.25) is 0 Å². The van der Waals surface area contributed by atoms with E-state index >= 15 is 0 Å². The number of allylic oxidation sites excluding steroid dienone is 6. The van der Waals surface area contributed by atoms with E-state index in [2.05, 4.69) is 48.1 Å². The molecule has 0 saturated heterocycles. The van der Waals surface area contributed by atoms with Gasteiger partial charge in [-0.1, -0.05) is 62.6 Å². The Balaban J connectivity index is 3.42. The predicted octanol–water partition coefficient (Wildman–Crippen LogP) is 5.04. The van der Waals surface area contributed by atoms with Crippen LogP contribution in [0.3, 0.4) is 0 Å². The highest BCUT2D eigenvalue weighted by atomic mass is 16.6. The topological polar surface area (TPSA) is 72.8 Å². The first kappa shape index (κ1) is 26.1. The summed E-state index contributed by atoms with van der Waals surface area (Å²) >= 11 is 0. The molecule has 28 heavy (non-hydrogen) atoms. The fourth-order valence-electron chi connectivity index (χ4n) is 2.41. The lowest BCUT2D eigenvalue weighted by Gasteiger charge is -2.11. The molecule has 0 radical (unpaired) electrons. The molecular weight excluding hydrogens is 356 g/mol. The second-order valence-corrected chi connectivity index (χ2v) is 6.74. The monoisotopic (exact) mass is 394 g/mol. The van der Waals surface area contributed by atoms with Crippen LogP contribution in [0.4, 0.5) is 0 Å². The maximum absolute atomic E-state index is 11.6. The highest BCUT2D eigenvalue weighted by molar-refractivity contribution is 5.69. The van der Waals surface area contributed by atoms with Gasteiger partial charge in [0.05, 0.1) is 0 Å². The van der Waals surface area contributed by atoms with Crippen LogP contribution in [0.25, 0.3) is 0 Å². The molecule has 1 unspecified atom stereocenters. The van der Waals surface area contributed by atoms with Crippen molar-refractivity contribution in [2.75, 3.05) is 13.2 Å². The predicted molar refractivity (Wildman–Crippen MR) is 113 cm³/mol. The standard InChI is InChI=1S/C23H38O5/c1-3-4-5-6-7-8-9-10-11-12-13-14-15-16-17-18-23(26)28-20-22(25)19-27-21(2)24/h4-5,7-8,10-11,22,25H,3,6,9,12-20H2,1-2H3/b5-4-,8-7-,11-10-. The summed E-state index contributed by atoms with van der Waals surface area (Å²) in [6.07, 6.45) is 22.1. The smallest absolute Gasteiger partial charge is 0.305 e. The van der Waals surface area contributed by atoms with Crippen molar-refractivity contribution in [2.45, 2.75) is 84.2 Å². The molecule has 0 aromatic heterocycles. The summed E-state index contributed by atoms with van der Waals surface area (Å²) in [5.41, 5.74) is 0. The average Bonchev–Trinajstić information content (AvgIpc) is 2.67. The van der Waals surface area contributed by atoms with Gasteiger partial charge in [-0.3, -0.25) is 9.59 Å². The highest BCUT2D eigenvalue weighted by Crippen LogP contribution is 2.08. The zero-order valence-electron chi connectivity index (χ0n) is 17.6. The number of aliphatic hydroxyl groups excluding tert-OH is 1. The van der Waals surface area contributed by atoms with Gasteiger partial charge in [-0.05, 0) is 38.5 Å². The van der Waals surface area contributed by atoms with Crippen LogP contribution in [0.1, 0.15) is 78.1 Å². The maximum atomic E-state index is 11.6. The Hall–Kier alpha value is -1.88. The molecule has 0 aliphatic rings. The minimum absolute atomic E-state index is 0.136. The van der Waals surface area contributed by atoms with Gasteiger partial charge in [-0.15, -0.1) is 0 Å². The Bertz CT molecular complexity index is 479. The molecule has 0 aromatic rings. The first-order valence-electron chi connectivity index (χ1n) is 10.5. The molecule has 0 rings (SSSR count). The third kappa shape index (κ3) is 20.4. The van der Waals surface area contributed by atoms with Crippen molar-refractivity contribution >= 4 is 11.9 Å². The van der Waals surface area contributed by atoms with E-state index < -0.39 is 12.1 Å². The molecule has 0 aromatic carbocycles. The number of rotatable bonds is 17. The number of carbonyl (C=O) groups excluding carboxylic acids is 2. The lowest BCUT2D eigenvalue weighted by molar-refractivity contribution is -0.151. The summed E-state index contributed by atoms with van der Waals surface area (Å²) in [6.45, 7) is 3.12. The van der Waals surface area contributed by atoms with E-state index in [-0.39, 0.29) is 19.2 Å². The van der Waals surface area contributed by atoms with E-state index in [0.29, 0.717) is 6.42 Å². The molecule has 5 nitrogen and oxygen atoms in total. The first-order valence-corrected chi connectivity index (χ1v) is 10.5. The zero-order valence-corrected chi connectivity index (χ0v) is 17.6. The highest BCUT2D eigenvalue weighted by Gasteiger charge is 2.10. The summed E-state index contributed by atoms with van der Waals surface area (Å²) in [6, 6.07) is 0. The quantitative estimate of drug-likeness (QED) is 0.212. The lowest BCUT2D eigenvalue weighted by Crippen LogP contribution is -2.24. The Morgan fingerprint density at radius 1 is 0.821 bits per heavy atom. The van der Waals surface area contributed by atoms with Crippen LogP contribution in [-0.4, -0.2) is 36.4 Å². The number of carbonyl (C=O) groups is 2. The van der Waals surface area contributed by atoms with Crippen LogP contribution in [0, 0.1) is 0 Å². The molecule has 0 fully saturated rings. The molecular formula is C23H38O5. The molecule has 0 heterocycles. The van der Waals surface area contributed by atoms with Gasteiger partial charge in [0.15, 0.2) is 0 Å². The van der Waals surface area contributed by atoms with Gasteiger partial charge < -0.3 is 14.6 Å². The van der Waals surface area contributed by atoms with Gasteiger partial charge in [-0.25, -0.2) is 0 Å². The van der Waals surface area contributed by atoms with E-state index in [1.54, 1.807) is 0 Å². The molecule has 1 atom stereocenters. The molecule has 0 spiro atoms. The third-order valence-electron chi connectivity index (χ3n) is 3.95. The normalized spacial score (nSPS) is 12.8. The molecule has 5 heteroatoms. The fraction of sp³-hybridized carbons (Fsp3) is 0.652. The van der Waals surface area contributed by atoms with E-state index in [9.17, 15) is 14.7 Å². The number of esters is 2. The van der Waals surface area contributed by atoms with Gasteiger partial charge in [0, 0.05) is 13.3 Å². The SMILES string of the molecule is CC/C=C\C/C=C\C/C=C\CCCCCCCC(=O)OCC(O)COC(C)=O. The van der Waals surface area contributed by atoms with Crippen molar-refractivity contribution in [3.8, 4) is 0 Å². The molecule has 1 N–H and O–H groups in total. The van der Waals surface area contributed by atoms with Gasteiger partial charge >= 0.3 is 11.9 Å². The van der Waals surface area contributed by atoms with Crippen molar-refractivity contribution in [1.82, 2.24) is 0 Å². The van der Waals surface area contributed by atoms with Gasteiger partial charge in [0.2, 0.25) is 0 Å². The largest absolute Gasteiger partial charge is 0.463 e. The summed E-state index contributed by atoms with van der Waals surface area (Å²) in [4.78, 5) is 22.2. The first-order chi connectivity index (χ1) is 13.6. The fourth-order valence-corrected chi connectivity index (χ4v) is 2.41. The molecule has 0 amide bonds. The van der Waals surface area contributed by atoms with Crippen molar-refractivity contribution in [1.29, 1.82) is 0 Å². The van der Waals surface area contributed by atoms with Gasteiger partial charge in [0.25, 0.3) is 0 Å². The van der Waals surface area contributed by atoms with E-state index in [1.807, 2.05) is 0 Å². The number of ether oxygens (including phenoxy) is 2. The van der Waals surface area contributed by atoms with E-state index in [0.717, 1.165) is 51.4 Å². The van der Waals surface area contributed by atoms with Crippen LogP contribution in [0.5, 0.6) is 0 Å². The van der Waals surface area contributed by atoms with Crippen molar-refractivity contribution < 1.29 is 24.2 Å². The summed E-state index contributed by atoms with van der Waals surface area (Å²) in [5.74, 6) is -0.781. The van der Waals surface area contributed by atoms with Crippen molar-refractivity contribution in [3.05, 3.63) is 36.5 Å². The van der Waals surface area contributed by atoms with Crippen LogP contribution in [-0.2, 0) is 19.1 Å². The second-order valence-electron chi connectivity index (χ2n) is 6.74. The Kier molecular flexibility index (Phi) is 18.5. The lowest BCUT2D eigenvalue weighted by atomic mass is 10.1. The number of hydrogen-bond acceptors (Lipinski definition) is 5. The van der Waals surface area contributed by atoms with Crippen LogP contribution < -0.4 is 0 Å². The third-order valence-corrected chi connectivity index (χ3v) is 3.95. The summed E-state index contributed by atoms with van der Waals surface area (Å²) < 4.78 is 9.59. The van der Waals surface area contributed by atoms with Crippen LogP contribution >= 0.6 is 0 Å². The van der Waals surface area contributed by atoms with Crippen molar-refractivity contribution in [2.24, 2.45) is 0 Å².